The van der Waals surface area contributed by atoms with Crippen LogP contribution in [-0.4, -0.2) is 4.57 Å². The fourth-order valence-corrected chi connectivity index (χ4v) is 9.09. The summed E-state index contributed by atoms with van der Waals surface area (Å²) >= 11 is 0. The van der Waals surface area contributed by atoms with Crippen LogP contribution in [0.5, 0.6) is 0 Å². The number of hydrogen-bond donors (Lipinski definition) is 0. The first-order valence-corrected chi connectivity index (χ1v) is 21.3. The van der Waals surface area contributed by atoms with Gasteiger partial charge in [0.05, 0.1) is 22.4 Å². The molecule has 0 saturated heterocycles. The van der Waals surface area contributed by atoms with E-state index in [0.717, 1.165) is 33.8 Å². The van der Waals surface area contributed by atoms with Crippen LogP contribution in [0.15, 0.2) is 255 Å². The van der Waals surface area contributed by atoms with E-state index in [2.05, 4.69) is 264 Å². The van der Waals surface area contributed by atoms with Gasteiger partial charge in [0.15, 0.2) is 0 Å². The molecule has 62 heavy (non-hydrogen) atoms. The maximum Gasteiger partial charge on any atom is 0.0562 e. The number of hydrogen-bond acceptors (Lipinski definition) is 1. The van der Waals surface area contributed by atoms with Crippen LogP contribution in [0.4, 0.5) is 17.1 Å². The lowest BCUT2D eigenvalue weighted by molar-refractivity contribution is 1.18. The highest BCUT2D eigenvalue weighted by atomic mass is 15.1. The lowest BCUT2D eigenvalue weighted by Crippen LogP contribution is -2.11. The van der Waals surface area contributed by atoms with Gasteiger partial charge in [0.2, 0.25) is 0 Å². The van der Waals surface area contributed by atoms with E-state index in [1.165, 1.54) is 66.4 Å². The summed E-state index contributed by atoms with van der Waals surface area (Å²) in [6, 6.07) is 92.1. The number of aromatic nitrogens is 1. The van der Waals surface area contributed by atoms with Crippen molar-refractivity contribution in [2.45, 2.75) is 0 Å². The first-order valence-electron chi connectivity index (χ1n) is 21.3. The Bertz CT molecular complexity index is 3310. The number of rotatable bonds is 9. The first kappa shape index (κ1) is 36.8. The number of benzene rings is 10. The van der Waals surface area contributed by atoms with E-state index in [-0.39, 0.29) is 0 Å². The SMILES string of the molecule is c1ccc(-c2ccc(N(c3ccc4c5ccccc5n(-c5ccc(-c6ccccc6)cc5-c5ccccc5)c4c3)c3ccccc3-c3ccccc3-c3ccccc3)cc2)cc1. The van der Waals surface area contributed by atoms with E-state index in [0.29, 0.717) is 0 Å². The van der Waals surface area contributed by atoms with Crippen LogP contribution < -0.4 is 4.90 Å². The summed E-state index contributed by atoms with van der Waals surface area (Å²) in [7, 11) is 0. The third kappa shape index (κ3) is 6.74. The highest BCUT2D eigenvalue weighted by Gasteiger charge is 2.22. The minimum absolute atomic E-state index is 1.07. The van der Waals surface area contributed by atoms with E-state index in [1.54, 1.807) is 0 Å². The van der Waals surface area contributed by atoms with Crippen molar-refractivity contribution in [1.29, 1.82) is 0 Å². The molecular weight excluding hydrogens is 749 g/mol. The summed E-state index contributed by atoms with van der Waals surface area (Å²) < 4.78 is 2.47. The van der Waals surface area contributed by atoms with Gasteiger partial charge in [-0.25, -0.2) is 0 Å². The Morgan fingerprint density at radius 3 is 1.40 bits per heavy atom. The standard InChI is InChI=1S/C60H42N2/c1-5-19-43(20-6-1)45-33-36-49(37-34-45)61(57-31-17-15-29-53(57)52-28-14-13-27-51(52)46-23-9-3-10-24-46)50-38-39-55-54-30-16-18-32-58(54)62(60(55)42-50)59-40-35-48(44-21-7-2-8-22-44)41-56(59)47-25-11-4-12-26-47/h1-42H. The fourth-order valence-electron chi connectivity index (χ4n) is 9.09. The van der Waals surface area contributed by atoms with Gasteiger partial charge >= 0.3 is 0 Å². The molecule has 0 spiro atoms. The third-order valence-corrected chi connectivity index (χ3v) is 12.0. The highest BCUT2D eigenvalue weighted by molar-refractivity contribution is 6.11. The summed E-state index contributed by atoms with van der Waals surface area (Å²) in [5.41, 5.74) is 18.5. The quantitative estimate of drug-likeness (QED) is 0.141. The van der Waals surface area contributed by atoms with Crippen LogP contribution in [0.2, 0.25) is 0 Å². The molecule has 0 unspecified atom stereocenters. The van der Waals surface area contributed by atoms with Gasteiger partial charge in [-0.2, -0.15) is 0 Å². The summed E-state index contributed by atoms with van der Waals surface area (Å²) in [5.74, 6) is 0. The van der Waals surface area contributed by atoms with Crippen molar-refractivity contribution in [3.8, 4) is 61.3 Å². The second-order valence-electron chi connectivity index (χ2n) is 15.7. The largest absolute Gasteiger partial charge is 0.310 e. The number of para-hydroxylation sites is 2. The van der Waals surface area contributed by atoms with Gasteiger partial charge < -0.3 is 9.47 Å². The fraction of sp³-hybridized carbons (Fsp3) is 0. The smallest absolute Gasteiger partial charge is 0.0562 e. The first-order chi connectivity index (χ1) is 30.8. The Kier molecular flexibility index (Phi) is 9.57. The molecule has 11 aromatic rings. The molecule has 11 rings (SSSR count). The van der Waals surface area contributed by atoms with Gasteiger partial charge in [0.25, 0.3) is 0 Å². The van der Waals surface area contributed by atoms with Crippen LogP contribution >= 0.6 is 0 Å². The zero-order chi connectivity index (χ0) is 41.2. The zero-order valence-electron chi connectivity index (χ0n) is 34.1. The molecule has 0 bridgehead atoms. The van der Waals surface area contributed by atoms with Crippen LogP contribution in [0, 0.1) is 0 Å². The topological polar surface area (TPSA) is 8.17 Å². The molecule has 0 aliphatic heterocycles. The van der Waals surface area contributed by atoms with Gasteiger partial charge in [-0.1, -0.05) is 206 Å². The molecule has 0 atom stereocenters. The van der Waals surface area contributed by atoms with E-state index in [4.69, 9.17) is 0 Å². The Hall–Kier alpha value is -8.20. The summed E-state index contributed by atoms with van der Waals surface area (Å²) in [6.07, 6.45) is 0. The van der Waals surface area contributed by atoms with Gasteiger partial charge in [-0.3, -0.25) is 0 Å². The molecule has 2 nitrogen and oxygen atoms in total. The van der Waals surface area contributed by atoms with E-state index >= 15 is 0 Å². The van der Waals surface area contributed by atoms with Crippen molar-refractivity contribution in [3.05, 3.63) is 255 Å². The molecular formula is C60H42N2. The van der Waals surface area contributed by atoms with Crippen LogP contribution in [0.1, 0.15) is 0 Å². The monoisotopic (exact) mass is 790 g/mol. The van der Waals surface area contributed by atoms with E-state index in [9.17, 15) is 0 Å². The van der Waals surface area contributed by atoms with Crippen molar-refractivity contribution < 1.29 is 0 Å². The maximum absolute atomic E-state index is 2.47. The Labute approximate surface area is 362 Å². The molecule has 0 radical (unpaired) electrons. The minimum atomic E-state index is 1.07. The molecule has 2 heteroatoms. The lowest BCUT2D eigenvalue weighted by Gasteiger charge is -2.29. The molecule has 10 aromatic carbocycles. The van der Waals surface area contributed by atoms with Gasteiger partial charge in [0, 0.05) is 33.3 Å². The maximum atomic E-state index is 2.47. The molecule has 0 aliphatic carbocycles. The number of anilines is 3. The van der Waals surface area contributed by atoms with Crippen molar-refractivity contribution in [2.75, 3.05) is 4.90 Å². The number of nitrogens with zero attached hydrogens (tertiary/aromatic N) is 2. The third-order valence-electron chi connectivity index (χ3n) is 12.0. The van der Waals surface area contributed by atoms with Crippen LogP contribution in [-0.2, 0) is 0 Å². The summed E-state index contributed by atoms with van der Waals surface area (Å²) in [4.78, 5) is 2.43. The second kappa shape index (κ2) is 16.1. The van der Waals surface area contributed by atoms with Gasteiger partial charge in [0.1, 0.15) is 0 Å². The molecule has 0 aliphatic rings. The van der Waals surface area contributed by atoms with E-state index in [1.807, 2.05) is 0 Å². The van der Waals surface area contributed by atoms with Gasteiger partial charge in [-0.15, -0.1) is 0 Å². The molecule has 0 saturated carbocycles. The zero-order valence-corrected chi connectivity index (χ0v) is 34.1. The molecule has 1 heterocycles. The predicted molar refractivity (Wildman–Crippen MR) is 263 cm³/mol. The van der Waals surface area contributed by atoms with E-state index < -0.39 is 0 Å². The Balaban J connectivity index is 1.16. The van der Waals surface area contributed by atoms with Crippen molar-refractivity contribution in [3.63, 3.8) is 0 Å². The molecule has 292 valence electrons. The molecule has 0 fully saturated rings. The predicted octanol–water partition coefficient (Wildman–Crippen LogP) is 16.6. The molecule has 0 N–H and O–H groups in total. The van der Waals surface area contributed by atoms with Crippen LogP contribution in [0.3, 0.4) is 0 Å². The van der Waals surface area contributed by atoms with Gasteiger partial charge in [-0.05, 0) is 93.0 Å². The lowest BCUT2D eigenvalue weighted by atomic mass is 9.93. The second-order valence-corrected chi connectivity index (χ2v) is 15.7. The Morgan fingerprint density at radius 1 is 0.258 bits per heavy atom. The average molecular weight is 791 g/mol. The number of fused-ring (bicyclic) bond motifs is 3. The molecule has 0 amide bonds. The van der Waals surface area contributed by atoms with Crippen molar-refractivity contribution in [1.82, 2.24) is 4.57 Å². The van der Waals surface area contributed by atoms with Crippen molar-refractivity contribution in [2.24, 2.45) is 0 Å². The van der Waals surface area contributed by atoms with Crippen molar-refractivity contribution >= 4 is 38.9 Å². The summed E-state index contributed by atoms with van der Waals surface area (Å²) in [6.45, 7) is 0. The Morgan fingerprint density at radius 2 is 0.726 bits per heavy atom. The normalized spacial score (nSPS) is 11.2. The molecule has 1 aromatic heterocycles. The average Bonchev–Trinajstić information content (AvgIpc) is 3.69. The highest BCUT2D eigenvalue weighted by Crippen LogP contribution is 2.46. The van der Waals surface area contributed by atoms with Crippen LogP contribution in [0.25, 0.3) is 83.1 Å². The summed E-state index contributed by atoms with van der Waals surface area (Å²) in [5, 5.41) is 2.42. The minimum Gasteiger partial charge on any atom is -0.310 e.